The predicted molar refractivity (Wildman–Crippen MR) is 71.3 cm³/mol. The highest BCUT2D eigenvalue weighted by molar-refractivity contribution is 6.31. The van der Waals surface area contributed by atoms with Gasteiger partial charge in [0.1, 0.15) is 0 Å². The number of hydrogen-bond acceptors (Lipinski definition) is 3. The molecular formula is C13H19ClN2O. The van der Waals surface area contributed by atoms with Crippen molar-refractivity contribution in [1.29, 1.82) is 0 Å². The van der Waals surface area contributed by atoms with E-state index in [0.29, 0.717) is 17.5 Å². The van der Waals surface area contributed by atoms with E-state index in [1.165, 1.54) is 0 Å². The maximum atomic E-state index is 9.50. The van der Waals surface area contributed by atoms with Gasteiger partial charge in [-0.25, -0.2) is 0 Å². The van der Waals surface area contributed by atoms with Crippen LogP contribution < -0.4 is 10.6 Å². The molecule has 3 N–H and O–H groups in total. The standard InChI is InChI=1S/C13H19ClN2O/c1-9-5-6-16(13(9)8-17)12-4-2-3-11(14)10(12)7-15/h2-4,9,13,17H,5-8,15H2,1H3. The quantitative estimate of drug-likeness (QED) is 0.868. The van der Waals surface area contributed by atoms with Gasteiger partial charge in [-0.15, -0.1) is 0 Å². The third-order valence-corrected chi connectivity index (χ3v) is 4.03. The molecule has 2 atom stereocenters. The molecule has 1 aromatic rings. The fourth-order valence-corrected chi connectivity index (χ4v) is 2.85. The fourth-order valence-electron chi connectivity index (χ4n) is 2.60. The van der Waals surface area contributed by atoms with Crippen LogP contribution in [0.1, 0.15) is 18.9 Å². The lowest BCUT2D eigenvalue weighted by atomic mass is 10.0. The molecule has 0 saturated carbocycles. The van der Waals surface area contributed by atoms with Crippen LogP contribution in [0.15, 0.2) is 18.2 Å². The molecule has 0 bridgehead atoms. The second-order valence-corrected chi connectivity index (χ2v) is 5.06. The molecule has 94 valence electrons. The summed E-state index contributed by atoms with van der Waals surface area (Å²) in [5.41, 5.74) is 7.81. The highest BCUT2D eigenvalue weighted by Gasteiger charge is 2.31. The smallest absolute Gasteiger partial charge is 0.0637 e. The summed E-state index contributed by atoms with van der Waals surface area (Å²) in [7, 11) is 0. The van der Waals surface area contributed by atoms with E-state index in [2.05, 4.69) is 11.8 Å². The van der Waals surface area contributed by atoms with Crippen LogP contribution in [-0.2, 0) is 6.54 Å². The van der Waals surface area contributed by atoms with Crippen LogP contribution in [0.3, 0.4) is 0 Å². The fraction of sp³-hybridized carbons (Fsp3) is 0.538. The Morgan fingerprint density at radius 3 is 2.94 bits per heavy atom. The average Bonchev–Trinajstić information content (AvgIpc) is 2.69. The van der Waals surface area contributed by atoms with Crippen molar-refractivity contribution in [3.05, 3.63) is 28.8 Å². The van der Waals surface area contributed by atoms with Crippen LogP contribution in [0.25, 0.3) is 0 Å². The molecule has 0 aliphatic carbocycles. The summed E-state index contributed by atoms with van der Waals surface area (Å²) in [6, 6.07) is 6.02. The molecule has 1 aliphatic heterocycles. The summed E-state index contributed by atoms with van der Waals surface area (Å²) in [5, 5.41) is 10.2. The summed E-state index contributed by atoms with van der Waals surface area (Å²) in [4.78, 5) is 2.23. The van der Waals surface area contributed by atoms with Gasteiger partial charge in [0.05, 0.1) is 12.6 Å². The Morgan fingerprint density at radius 1 is 1.53 bits per heavy atom. The molecule has 0 spiro atoms. The van der Waals surface area contributed by atoms with Crippen molar-refractivity contribution in [3.63, 3.8) is 0 Å². The van der Waals surface area contributed by atoms with Crippen molar-refractivity contribution in [2.45, 2.75) is 25.9 Å². The lowest BCUT2D eigenvalue weighted by molar-refractivity contribution is 0.244. The molecule has 0 amide bonds. The molecule has 1 heterocycles. The third-order valence-electron chi connectivity index (χ3n) is 3.68. The SMILES string of the molecule is CC1CCN(c2cccc(Cl)c2CN)C1CO. The van der Waals surface area contributed by atoms with Gasteiger partial charge in [-0.2, -0.15) is 0 Å². The molecule has 17 heavy (non-hydrogen) atoms. The van der Waals surface area contributed by atoms with Gasteiger partial charge < -0.3 is 15.7 Å². The van der Waals surface area contributed by atoms with Crippen molar-refractivity contribution in [2.24, 2.45) is 11.7 Å². The van der Waals surface area contributed by atoms with Gasteiger partial charge in [-0.05, 0) is 24.5 Å². The Balaban J connectivity index is 2.37. The number of halogens is 1. The maximum absolute atomic E-state index is 9.50. The van der Waals surface area contributed by atoms with Crippen molar-refractivity contribution >= 4 is 17.3 Å². The first-order chi connectivity index (χ1) is 8.19. The van der Waals surface area contributed by atoms with Crippen molar-refractivity contribution in [3.8, 4) is 0 Å². The zero-order chi connectivity index (χ0) is 12.4. The Kier molecular flexibility index (Phi) is 3.92. The van der Waals surface area contributed by atoms with Gasteiger partial charge >= 0.3 is 0 Å². The molecule has 1 aromatic carbocycles. The Labute approximate surface area is 107 Å². The molecule has 0 radical (unpaired) electrons. The second kappa shape index (κ2) is 5.25. The lowest BCUT2D eigenvalue weighted by Gasteiger charge is -2.29. The minimum absolute atomic E-state index is 0.178. The Bertz CT molecular complexity index is 397. The maximum Gasteiger partial charge on any atom is 0.0637 e. The third kappa shape index (κ3) is 2.28. The number of aliphatic hydroxyl groups excluding tert-OH is 1. The summed E-state index contributed by atoms with van der Waals surface area (Å²) in [5.74, 6) is 0.504. The first-order valence-electron chi connectivity index (χ1n) is 6.04. The van der Waals surface area contributed by atoms with Gasteiger partial charge in [0, 0.05) is 29.4 Å². The van der Waals surface area contributed by atoms with Gasteiger partial charge in [-0.3, -0.25) is 0 Å². The number of aliphatic hydroxyl groups is 1. The molecule has 1 fully saturated rings. The molecule has 1 saturated heterocycles. The minimum atomic E-state index is 0.178. The first kappa shape index (κ1) is 12.7. The van der Waals surface area contributed by atoms with Crippen LogP contribution in [0, 0.1) is 5.92 Å². The zero-order valence-electron chi connectivity index (χ0n) is 10.1. The van der Waals surface area contributed by atoms with Gasteiger partial charge in [0.25, 0.3) is 0 Å². The van der Waals surface area contributed by atoms with Gasteiger partial charge in [0.15, 0.2) is 0 Å². The molecular weight excluding hydrogens is 236 g/mol. The van der Waals surface area contributed by atoms with Crippen LogP contribution in [0.4, 0.5) is 5.69 Å². The van der Waals surface area contributed by atoms with E-state index in [4.69, 9.17) is 17.3 Å². The number of hydrogen-bond donors (Lipinski definition) is 2. The van der Waals surface area contributed by atoms with E-state index < -0.39 is 0 Å². The molecule has 2 rings (SSSR count). The normalized spacial score (nSPS) is 24.4. The monoisotopic (exact) mass is 254 g/mol. The van der Waals surface area contributed by atoms with Crippen LogP contribution >= 0.6 is 11.6 Å². The van der Waals surface area contributed by atoms with E-state index in [1.54, 1.807) is 0 Å². The highest BCUT2D eigenvalue weighted by Crippen LogP contribution is 2.34. The average molecular weight is 255 g/mol. The summed E-state index contributed by atoms with van der Waals surface area (Å²) < 4.78 is 0. The predicted octanol–water partition coefficient (Wildman–Crippen LogP) is 2.01. The summed E-state index contributed by atoms with van der Waals surface area (Å²) in [6.45, 7) is 3.74. The lowest BCUT2D eigenvalue weighted by Crippen LogP contribution is -2.36. The van der Waals surface area contributed by atoms with E-state index in [-0.39, 0.29) is 12.6 Å². The van der Waals surface area contributed by atoms with E-state index in [9.17, 15) is 5.11 Å². The largest absolute Gasteiger partial charge is 0.394 e. The summed E-state index contributed by atoms with van der Waals surface area (Å²) >= 11 is 6.17. The molecule has 4 heteroatoms. The van der Waals surface area contributed by atoms with Crippen LogP contribution in [0.2, 0.25) is 5.02 Å². The Hall–Kier alpha value is -0.770. The summed E-state index contributed by atoms with van der Waals surface area (Å²) in [6.07, 6.45) is 1.10. The second-order valence-electron chi connectivity index (χ2n) is 4.65. The number of nitrogens with two attached hydrogens (primary N) is 1. The first-order valence-corrected chi connectivity index (χ1v) is 6.41. The van der Waals surface area contributed by atoms with Crippen LogP contribution in [-0.4, -0.2) is 24.3 Å². The van der Waals surface area contributed by atoms with Crippen molar-refractivity contribution in [2.75, 3.05) is 18.1 Å². The highest BCUT2D eigenvalue weighted by atomic mass is 35.5. The number of benzene rings is 1. The van der Waals surface area contributed by atoms with E-state index >= 15 is 0 Å². The van der Waals surface area contributed by atoms with Crippen LogP contribution in [0.5, 0.6) is 0 Å². The van der Waals surface area contributed by atoms with E-state index in [0.717, 1.165) is 24.2 Å². The topological polar surface area (TPSA) is 49.5 Å². The van der Waals surface area contributed by atoms with Gasteiger partial charge in [0.2, 0.25) is 0 Å². The Morgan fingerprint density at radius 2 is 2.29 bits per heavy atom. The van der Waals surface area contributed by atoms with Crippen molar-refractivity contribution < 1.29 is 5.11 Å². The minimum Gasteiger partial charge on any atom is -0.394 e. The molecule has 1 aliphatic rings. The van der Waals surface area contributed by atoms with E-state index in [1.807, 2.05) is 18.2 Å². The number of anilines is 1. The number of nitrogens with zero attached hydrogens (tertiary/aromatic N) is 1. The molecule has 3 nitrogen and oxygen atoms in total. The van der Waals surface area contributed by atoms with Gasteiger partial charge in [-0.1, -0.05) is 24.6 Å². The molecule has 0 aromatic heterocycles. The zero-order valence-corrected chi connectivity index (χ0v) is 10.8. The molecule has 2 unspecified atom stereocenters. The number of rotatable bonds is 3. The van der Waals surface area contributed by atoms with Crippen molar-refractivity contribution in [1.82, 2.24) is 0 Å².